The van der Waals surface area contributed by atoms with E-state index in [2.05, 4.69) is 24.3 Å². The number of urea groups is 1. The van der Waals surface area contributed by atoms with Gasteiger partial charge in [0.15, 0.2) is 0 Å². The number of carbonyl (C=O) groups is 1. The van der Waals surface area contributed by atoms with Crippen molar-refractivity contribution in [3.05, 3.63) is 11.8 Å². The Morgan fingerprint density at radius 2 is 2.08 bits per heavy atom. The first-order valence-corrected chi connectivity index (χ1v) is 9.11. The lowest BCUT2D eigenvalue weighted by atomic mass is 9.76. The van der Waals surface area contributed by atoms with Crippen molar-refractivity contribution in [3.8, 4) is 0 Å². The maximum atomic E-state index is 12.6. The number of methoxy groups -OCH3 is 1. The van der Waals surface area contributed by atoms with E-state index >= 15 is 0 Å². The van der Waals surface area contributed by atoms with Crippen molar-refractivity contribution in [1.82, 2.24) is 14.7 Å². The number of aromatic nitrogens is 2. The van der Waals surface area contributed by atoms with Gasteiger partial charge in [0, 0.05) is 39.7 Å². The molecule has 0 aromatic carbocycles. The smallest absolute Gasteiger partial charge is 0.322 e. The first kappa shape index (κ1) is 18.8. The Morgan fingerprint density at radius 1 is 1.33 bits per heavy atom. The van der Waals surface area contributed by atoms with Crippen LogP contribution in [0.5, 0.6) is 0 Å². The minimum Gasteiger partial charge on any atom is -0.384 e. The molecule has 0 saturated carbocycles. The van der Waals surface area contributed by atoms with Gasteiger partial charge in [0.1, 0.15) is 5.82 Å². The quantitative estimate of drug-likeness (QED) is 0.866. The number of anilines is 1. The van der Waals surface area contributed by atoms with Crippen LogP contribution >= 0.6 is 0 Å². The Labute approximate surface area is 145 Å². The Kier molecular flexibility index (Phi) is 6.66. The molecule has 2 amide bonds. The molecule has 1 saturated heterocycles. The summed E-state index contributed by atoms with van der Waals surface area (Å²) in [6, 6.07) is 1.91. The molecule has 0 aliphatic carbocycles. The Morgan fingerprint density at radius 3 is 2.75 bits per heavy atom. The van der Waals surface area contributed by atoms with Crippen molar-refractivity contribution in [2.24, 2.45) is 12.5 Å². The molecule has 6 heteroatoms. The lowest BCUT2D eigenvalue weighted by Crippen LogP contribution is -2.36. The Bertz CT molecular complexity index is 537. The van der Waals surface area contributed by atoms with E-state index in [-0.39, 0.29) is 6.03 Å². The first-order valence-electron chi connectivity index (χ1n) is 9.11. The van der Waals surface area contributed by atoms with Gasteiger partial charge in [-0.1, -0.05) is 26.7 Å². The van der Waals surface area contributed by atoms with Crippen LogP contribution in [-0.4, -0.2) is 47.5 Å². The van der Waals surface area contributed by atoms with Crippen molar-refractivity contribution >= 4 is 11.8 Å². The molecule has 0 bridgehead atoms. The zero-order valence-electron chi connectivity index (χ0n) is 15.6. The molecule has 0 radical (unpaired) electrons. The number of ether oxygens (including phenoxy) is 1. The zero-order chi connectivity index (χ0) is 17.6. The fraction of sp³-hybridized carbons (Fsp3) is 0.778. The van der Waals surface area contributed by atoms with Gasteiger partial charge in [-0.25, -0.2) is 4.79 Å². The minimum absolute atomic E-state index is 0.0145. The highest BCUT2D eigenvalue weighted by Crippen LogP contribution is 2.37. The van der Waals surface area contributed by atoms with Gasteiger partial charge >= 0.3 is 6.03 Å². The van der Waals surface area contributed by atoms with E-state index in [1.165, 1.54) is 19.3 Å². The third kappa shape index (κ3) is 4.50. The third-order valence-corrected chi connectivity index (χ3v) is 5.56. The number of amides is 2. The highest BCUT2D eigenvalue weighted by atomic mass is 16.5. The van der Waals surface area contributed by atoms with E-state index in [1.54, 1.807) is 11.8 Å². The maximum Gasteiger partial charge on any atom is 0.322 e. The Balaban J connectivity index is 1.96. The average molecular weight is 336 g/mol. The molecule has 136 valence electrons. The summed E-state index contributed by atoms with van der Waals surface area (Å²) in [5.74, 6) is 0.743. The Hall–Kier alpha value is -1.56. The lowest BCUT2D eigenvalue weighted by Gasteiger charge is -2.30. The molecular formula is C18H32N4O2. The highest BCUT2D eigenvalue weighted by Gasteiger charge is 2.30. The van der Waals surface area contributed by atoms with Gasteiger partial charge in [-0.2, -0.15) is 5.10 Å². The van der Waals surface area contributed by atoms with Crippen LogP contribution in [0.15, 0.2) is 6.07 Å². The van der Waals surface area contributed by atoms with Crippen LogP contribution in [0.1, 0.15) is 51.6 Å². The number of rotatable bonds is 6. The largest absolute Gasteiger partial charge is 0.384 e. The lowest BCUT2D eigenvalue weighted by molar-refractivity contribution is 0.201. The predicted octanol–water partition coefficient (Wildman–Crippen LogP) is 3.43. The topological polar surface area (TPSA) is 59.4 Å². The SMILES string of the molecule is CCC1(CC)CCCN(C(=O)Nc2cc(CCOC)nn2C)CC1. The van der Waals surface area contributed by atoms with Crippen molar-refractivity contribution < 1.29 is 9.53 Å². The summed E-state index contributed by atoms with van der Waals surface area (Å²) < 4.78 is 6.81. The molecule has 1 N–H and O–H groups in total. The second kappa shape index (κ2) is 8.51. The summed E-state index contributed by atoms with van der Waals surface area (Å²) in [6.07, 6.45) is 6.54. The van der Waals surface area contributed by atoms with E-state index in [1.807, 2.05) is 18.0 Å². The number of carbonyl (C=O) groups excluding carboxylic acids is 1. The molecular weight excluding hydrogens is 304 g/mol. The number of aryl methyl sites for hydroxylation is 1. The van der Waals surface area contributed by atoms with Crippen molar-refractivity contribution in [3.63, 3.8) is 0 Å². The molecule has 1 aliphatic heterocycles. The fourth-order valence-corrected chi connectivity index (χ4v) is 3.58. The first-order chi connectivity index (χ1) is 11.5. The van der Waals surface area contributed by atoms with Crippen LogP contribution in [0, 0.1) is 5.41 Å². The van der Waals surface area contributed by atoms with Crippen LogP contribution in [-0.2, 0) is 18.2 Å². The van der Waals surface area contributed by atoms with Gasteiger partial charge in [0.2, 0.25) is 0 Å². The molecule has 1 aliphatic rings. The van der Waals surface area contributed by atoms with E-state index in [4.69, 9.17) is 4.74 Å². The molecule has 1 aromatic rings. The van der Waals surface area contributed by atoms with Gasteiger partial charge < -0.3 is 9.64 Å². The second-order valence-electron chi connectivity index (χ2n) is 6.87. The zero-order valence-corrected chi connectivity index (χ0v) is 15.6. The molecule has 0 spiro atoms. The molecule has 6 nitrogen and oxygen atoms in total. The number of hydrogen-bond acceptors (Lipinski definition) is 3. The van der Waals surface area contributed by atoms with E-state index in [0.717, 1.165) is 43.9 Å². The van der Waals surface area contributed by atoms with E-state index in [9.17, 15) is 4.79 Å². The van der Waals surface area contributed by atoms with E-state index < -0.39 is 0 Å². The molecule has 1 fully saturated rings. The second-order valence-corrected chi connectivity index (χ2v) is 6.87. The van der Waals surface area contributed by atoms with Crippen LogP contribution in [0.4, 0.5) is 10.6 Å². The highest BCUT2D eigenvalue weighted by molar-refractivity contribution is 5.88. The number of nitrogens with one attached hydrogen (secondary N) is 1. The molecule has 2 rings (SSSR count). The molecule has 24 heavy (non-hydrogen) atoms. The standard InChI is InChI=1S/C18H32N4O2/c1-5-18(6-2)9-7-11-22(12-10-18)17(23)19-16-14-15(8-13-24-4)20-21(16)3/h14H,5-13H2,1-4H3,(H,19,23). The van der Waals surface area contributed by atoms with Crippen molar-refractivity contribution in [2.75, 3.05) is 32.1 Å². The summed E-state index contributed by atoms with van der Waals surface area (Å²) in [5.41, 5.74) is 1.34. The molecule has 0 unspecified atom stereocenters. The van der Waals surface area contributed by atoms with Gasteiger partial charge in [0.25, 0.3) is 0 Å². The maximum absolute atomic E-state index is 12.6. The normalized spacial score (nSPS) is 17.6. The third-order valence-electron chi connectivity index (χ3n) is 5.56. The summed E-state index contributed by atoms with van der Waals surface area (Å²) in [6.45, 7) is 6.85. The average Bonchev–Trinajstić information content (AvgIpc) is 2.81. The number of hydrogen-bond donors (Lipinski definition) is 1. The summed E-state index contributed by atoms with van der Waals surface area (Å²) in [5, 5.41) is 7.43. The summed E-state index contributed by atoms with van der Waals surface area (Å²) in [4.78, 5) is 14.6. The molecule has 0 atom stereocenters. The van der Waals surface area contributed by atoms with Crippen LogP contribution in [0.3, 0.4) is 0 Å². The van der Waals surface area contributed by atoms with Crippen molar-refractivity contribution in [2.45, 2.75) is 52.4 Å². The summed E-state index contributed by atoms with van der Waals surface area (Å²) in [7, 11) is 3.53. The number of nitrogens with zero attached hydrogens (tertiary/aromatic N) is 3. The van der Waals surface area contributed by atoms with Gasteiger partial charge in [0.05, 0.1) is 12.3 Å². The van der Waals surface area contributed by atoms with Crippen LogP contribution < -0.4 is 5.32 Å². The number of likely N-dealkylation sites (tertiary alicyclic amines) is 1. The molecule has 1 aromatic heterocycles. The van der Waals surface area contributed by atoms with Crippen LogP contribution in [0.2, 0.25) is 0 Å². The minimum atomic E-state index is -0.0145. The predicted molar refractivity (Wildman–Crippen MR) is 96.2 cm³/mol. The van der Waals surface area contributed by atoms with Gasteiger partial charge in [-0.15, -0.1) is 0 Å². The van der Waals surface area contributed by atoms with Crippen molar-refractivity contribution in [1.29, 1.82) is 0 Å². The monoisotopic (exact) mass is 336 g/mol. The van der Waals surface area contributed by atoms with E-state index in [0.29, 0.717) is 12.0 Å². The van der Waals surface area contributed by atoms with Crippen LogP contribution in [0.25, 0.3) is 0 Å². The van der Waals surface area contributed by atoms with Gasteiger partial charge in [-0.3, -0.25) is 10.00 Å². The van der Waals surface area contributed by atoms with Gasteiger partial charge in [-0.05, 0) is 24.7 Å². The fourth-order valence-electron chi connectivity index (χ4n) is 3.58. The molecule has 2 heterocycles. The summed E-state index contributed by atoms with van der Waals surface area (Å²) >= 11 is 0.